The van der Waals surface area contributed by atoms with Crippen LogP contribution in [0.3, 0.4) is 0 Å². The number of allylic oxidation sites excluding steroid dienone is 3. The van der Waals surface area contributed by atoms with Crippen molar-refractivity contribution >= 4 is 5.97 Å². The molecule has 0 aromatic rings. The quantitative estimate of drug-likeness (QED) is 0.221. The summed E-state index contributed by atoms with van der Waals surface area (Å²) in [6, 6.07) is 0. The predicted octanol–water partition coefficient (Wildman–Crippen LogP) is 4.85. The lowest BCUT2D eigenvalue weighted by atomic mass is 9.80. The second-order valence-electron chi connectivity index (χ2n) is 5.60. The Morgan fingerprint density at radius 1 is 1.41 bits per heavy atom. The van der Waals surface area contributed by atoms with Gasteiger partial charge in [0.25, 0.3) is 0 Å². The van der Waals surface area contributed by atoms with Gasteiger partial charge >= 0.3 is 5.97 Å². The van der Waals surface area contributed by atoms with Gasteiger partial charge in [0.15, 0.2) is 0 Å². The van der Waals surface area contributed by atoms with Crippen molar-refractivity contribution in [2.24, 2.45) is 11.8 Å². The van der Waals surface area contributed by atoms with Crippen molar-refractivity contribution in [3.8, 4) is 12.8 Å². The first-order valence-corrected chi connectivity index (χ1v) is 7.71. The Morgan fingerprint density at radius 2 is 2.09 bits per heavy atom. The zero-order valence-electron chi connectivity index (χ0n) is 13.7. The van der Waals surface area contributed by atoms with E-state index in [4.69, 9.17) is 4.74 Å². The highest BCUT2D eigenvalue weighted by atomic mass is 16.5. The van der Waals surface area contributed by atoms with E-state index >= 15 is 0 Å². The van der Waals surface area contributed by atoms with Gasteiger partial charge in [0.2, 0.25) is 0 Å². The third kappa shape index (κ3) is 7.13. The Labute approximate surface area is 135 Å². The zero-order chi connectivity index (χ0) is 17.0. The van der Waals surface area contributed by atoms with Crippen LogP contribution in [-0.4, -0.2) is 12.6 Å². The summed E-state index contributed by atoms with van der Waals surface area (Å²) in [5.41, 5.74) is 1.82. The first-order chi connectivity index (χ1) is 10.6. The van der Waals surface area contributed by atoms with Crippen LogP contribution < -0.4 is 0 Å². The lowest BCUT2D eigenvalue weighted by molar-refractivity contribution is -0.140. The summed E-state index contributed by atoms with van der Waals surface area (Å²) in [4.78, 5) is 11.8. The summed E-state index contributed by atoms with van der Waals surface area (Å²) >= 11 is 0. The molecule has 0 aromatic carbocycles. The van der Waals surface area contributed by atoms with Crippen LogP contribution >= 0.6 is 0 Å². The zero-order valence-corrected chi connectivity index (χ0v) is 13.7. The smallest absolute Gasteiger partial charge is 0.338 e. The van der Waals surface area contributed by atoms with Crippen LogP contribution in [-0.2, 0) is 9.53 Å². The van der Waals surface area contributed by atoms with Gasteiger partial charge in [-0.15, -0.1) is 12.8 Å². The topological polar surface area (TPSA) is 26.3 Å². The van der Waals surface area contributed by atoms with Crippen LogP contribution in [0.1, 0.15) is 39.0 Å². The van der Waals surface area contributed by atoms with E-state index in [1.165, 1.54) is 30.9 Å². The van der Waals surface area contributed by atoms with Crippen molar-refractivity contribution in [1.82, 2.24) is 0 Å². The van der Waals surface area contributed by atoms with E-state index in [0.29, 0.717) is 24.0 Å². The van der Waals surface area contributed by atoms with Crippen LogP contribution in [0.15, 0.2) is 49.1 Å². The van der Waals surface area contributed by atoms with Crippen molar-refractivity contribution in [2.75, 3.05) is 6.61 Å². The van der Waals surface area contributed by atoms with Crippen molar-refractivity contribution in [1.29, 1.82) is 0 Å². The second kappa shape index (κ2) is 11.6. The monoisotopic (exact) mass is 300 g/mol. The Morgan fingerprint density at radius 3 is 2.64 bits per heavy atom. The number of carbonyl (C=O) groups is 1. The van der Waals surface area contributed by atoms with Crippen LogP contribution in [0, 0.1) is 24.7 Å². The molecule has 0 N–H and O–H groups in total. The van der Waals surface area contributed by atoms with Gasteiger partial charge in [0.05, 0.1) is 12.2 Å². The van der Waals surface area contributed by atoms with Crippen molar-refractivity contribution in [2.45, 2.75) is 39.0 Å². The number of ether oxygens (including phenoxy) is 1. The molecule has 0 aromatic heterocycles. The largest absolute Gasteiger partial charge is 0.462 e. The van der Waals surface area contributed by atoms with Crippen LogP contribution in [0.25, 0.3) is 0 Å². The van der Waals surface area contributed by atoms with Gasteiger partial charge in [-0.05, 0) is 43.6 Å². The second-order valence-corrected chi connectivity index (χ2v) is 5.60. The molecule has 0 aliphatic heterocycles. The molecule has 0 bridgehead atoms. The Bertz CT molecular complexity index is 440. The van der Waals surface area contributed by atoms with E-state index in [-0.39, 0.29) is 5.97 Å². The van der Waals surface area contributed by atoms with Gasteiger partial charge in [0.1, 0.15) is 0 Å². The molecule has 2 atom stereocenters. The lowest BCUT2D eigenvalue weighted by Crippen LogP contribution is -2.18. The Balaban J connectivity index is 0.00000211. The molecule has 0 spiro atoms. The van der Waals surface area contributed by atoms with Gasteiger partial charge in [0, 0.05) is 0 Å². The molecule has 2 nitrogen and oxygen atoms in total. The van der Waals surface area contributed by atoms with Gasteiger partial charge < -0.3 is 4.74 Å². The summed E-state index contributed by atoms with van der Waals surface area (Å²) < 4.78 is 5.33. The first-order valence-electron chi connectivity index (χ1n) is 7.71. The molecule has 22 heavy (non-hydrogen) atoms. The standard InChI is InChI=1S/C18H26O2.C2H2/c1-5-9-16(6-2)18(19)20-13-14(3)12-17-11-8-7-10-15(17)4;1-2/h5-6,9,14,17H,1-2,4,7-8,10-13H2,3H3;1-2H/b16-9+;. The molecule has 0 heterocycles. The fourth-order valence-corrected chi connectivity index (χ4v) is 2.64. The summed E-state index contributed by atoms with van der Waals surface area (Å²) in [6.45, 7) is 13.9. The van der Waals surface area contributed by atoms with Gasteiger partial charge in [-0.3, -0.25) is 0 Å². The highest BCUT2D eigenvalue weighted by Gasteiger charge is 2.20. The molecule has 0 saturated heterocycles. The molecule has 2 heteroatoms. The molecule has 1 saturated carbocycles. The first kappa shape index (κ1) is 20.0. The van der Waals surface area contributed by atoms with Crippen LogP contribution in [0.2, 0.25) is 0 Å². The minimum absolute atomic E-state index is 0.325. The summed E-state index contributed by atoms with van der Waals surface area (Å²) in [5, 5.41) is 0. The average molecular weight is 300 g/mol. The Hall–Kier alpha value is -2.01. The highest BCUT2D eigenvalue weighted by Crippen LogP contribution is 2.32. The number of hydrogen-bond donors (Lipinski definition) is 0. The van der Waals surface area contributed by atoms with E-state index in [1.807, 2.05) is 0 Å². The summed E-state index contributed by atoms with van der Waals surface area (Å²) in [6.07, 6.45) is 18.7. The number of terminal acetylenes is 1. The molecular weight excluding hydrogens is 272 g/mol. The van der Waals surface area contributed by atoms with Crippen molar-refractivity contribution in [3.63, 3.8) is 0 Å². The minimum atomic E-state index is -0.325. The van der Waals surface area contributed by atoms with Gasteiger partial charge in [-0.1, -0.05) is 50.8 Å². The van der Waals surface area contributed by atoms with Crippen molar-refractivity contribution < 1.29 is 9.53 Å². The van der Waals surface area contributed by atoms with Gasteiger partial charge in [-0.25, -0.2) is 4.79 Å². The number of carbonyl (C=O) groups excluding carboxylic acids is 1. The maximum Gasteiger partial charge on any atom is 0.338 e. The minimum Gasteiger partial charge on any atom is -0.462 e. The fraction of sp³-hybridized carbons (Fsp3) is 0.450. The summed E-state index contributed by atoms with van der Waals surface area (Å²) in [5.74, 6) is 0.628. The molecule has 120 valence electrons. The summed E-state index contributed by atoms with van der Waals surface area (Å²) in [7, 11) is 0. The SMILES string of the molecule is C#C.C=C/C=C(\C=C)C(=O)OCC(C)CC1CCCCC1=C. The molecular formula is C20H28O2. The molecule has 1 aliphatic carbocycles. The van der Waals surface area contributed by atoms with E-state index in [9.17, 15) is 4.79 Å². The van der Waals surface area contributed by atoms with E-state index < -0.39 is 0 Å². The maximum absolute atomic E-state index is 11.8. The van der Waals surface area contributed by atoms with E-state index in [2.05, 4.69) is 39.5 Å². The molecule has 0 amide bonds. The normalized spacial score (nSPS) is 19.3. The van der Waals surface area contributed by atoms with E-state index in [0.717, 1.165) is 12.8 Å². The molecule has 0 radical (unpaired) electrons. The van der Waals surface area contributed by atoms with Gasteiger partial charge in [-0.2, -0.15) is 0 Å². The van der Waals surface area contributed by atoms with E-state index in [1.54, 1.807) is 12.2 Å². The van der Waals surface area contributed by atoms with Crippen molar-refractivity contribution in [3.05, 3.63) is 49.1 Å². The molecule has 1 aliphatic rings. The maximum atomic E-state index is 11.8. The fourth-order valence-electron chi connectivity index (χ4n) is 2.64. The third-order valence-electron chi connectivity index (χ3n) is 3.82. The number of esters is 1. The highest BCUT2D eigenvalue weighted by molar-refractivity contribution is 5.91. The number of hydrogen-bond acceptors (Lipinski definition) is 2. The number of rotatable bonds is 7. The Kier molecular flexibility index (Phi) is 10.6. The third-order valence-corrected chi connectivity index (χ3v) is 3.82. The van der Waals surface area contributed by atoms with Crippen LogP contribution in [0.5, 0.6) is 0 Å². The average Bonchev–Trinajstić information content (AvgIpc) is 2.54. The molecule has 1 rings (SSSR count). The molecule has 2 unspecified atom stereocenters. The van der Waals surface area contributed by atoms with Crippen LogP contribution in [0.4, 0.5) is 0 Å². The predicted molar refractivity (Wildman–Crippen MR) is 94.2 cm³/mol. The molecule has 1 fully saturated rings. The lowest BCUT2D eigenvalue weighted by Gasteiger charge is -2.27.